The number of hydrogen-bond donors (Lipinski definition) is 1. The van der Waals surface area contributed by atoms with Gasteiger partial charge in [0.2, 0.25) is 5.91 Å². The van der Waals surface area contributed by atoms with Gasteiger partial charge in [0.1, 0.15) is 0 Å². The Labute approximate surface area is 120 Å². The normalized spacial score (nSPS) is 33.2. The van der Waals surface area contributed by atoms with Crippen LogP contribution in [0.15, 0.2) is 0 Å². The van der Waals surface area contributed by atoms with E-state index in [0.29, 0.717) is 17.7 Å². The molecule has 0 saturated heterocycles. The van der Waals surface area contributed by atoms with Crippen LogP contribution >= 0.6 is 0 Å². The van der Waals surface area contributed by atoms with Crippen LogP contribution in [0.25, 0.3) is 0 Å². The zero-order valence-electron chi connectivity index (χ0n) is 14.2. The number of amides is 1. The highest BCUT2D eigenvalue weighted by Gasteiger charge is 2.40. The fraction of sp³-hybridized carbons (Fsp3) is 0.941. The molecule has 0 bridgehead atoms. The van der Waals surface area contributed by atoms with Gasteiger partial charge >= 0.3 is 0 Å². The maximum Gasteiger partial charge on any atom is 0.223 e. The van der Waals surface area contributed by atoms with Crippen molar-refractivity contribution in [2.45, 2.75) is 86.1 Å². The van der Waals surface area contributed by atoms with Gasteiger partial charge in [-0.25, -0.2) is 0 Å². The van der Waals surface area contributed by atoms with E-state index in [0.717, 1.165) is 25.2 Å². The summed E-state index contributed by atoms with van der Waals surface area (Å²) in [6.45, 7) is 14.8. The van der Waals surface area contributed by atoms with Gasteiger partial charge in [0.15, 0.2) is 0 Å². The fourth-order valence-corrected chi connectivity index (χ4v) is 2.69. The number of rotatable bonds is 2. The predicted octanol–water partition coefficient (Wildman–Crippen LogP) is 4.78. The lowest BCUT2D eigenvalue weighted by Crippen LogP contribution is -2.53. The second-order valence-electron chi connectivity index (χ2n) is 5.96. The maximum absolute atomic E-state index is 11.8. The van der Waals surface area contributed by atoms with E-state index in [1.807, 2.05) is 27.7 Å². The summed E-state index contributed by atoms with van der Waals surface area (Å²) in [5.41, 5.74) is 0.0617. The molecule has 2 saturated carbocycles. The molecule has 1 N–H and O–H groups in total. The molecule has 19 heavy (non-hydrogen) atoms. The first-order chi connectivity index (χ1) is 9.01. The number of carbonyl (C=O) groups excluding carboxylic acids is 1. The fourth-order valence-electron chi connectivity index (χ4n) is 2.69. The van der Waals surface area contributed by atoms with Crippen LogP contribution in [0.3, 0.4) is 0 Å². The molecular formula is C17H35NO. The number of nitrogens with one attached hydrogen (secondary N) is 1. The molecule has 0 aromatic heterocycles. The third kappa shape index (κ3) is 5.54. The topological polar surface area (TPSA) is 29.1 Å². The van der Waals surface area contributed by atoms with Crippen LogP contribution in [-0.4, -0.2) is 11.4 Å². The lowest BCUT2D eigenvalue weighted by atomic mass is 9.71. The second kappa shape index (κ2) is 8.60. The average Bonchev–Trinajstić information content (AvgIpc) is 3.24. The van der Waals surface area contributed by atoms with Crippen molar-refractivity contribution in [3.63, 3.8) is 0 Å². The molecule has 3 unspecified atom stereocenters. The molecule has 2 heteroatoms. The molecule has 3 atom stereocenters. The summed E-state index contributed by atoms with van der Waals surface area (Å²) in [4.78, 5) is 11.8. The smallest absolute Gasteiger partial charge is 0.223 e. The SMILES string of the molecule is CC.CC.CC1CCC(C)(NC(=O)C2CC2)C(C)C1. The molecule has 0 aliphatic heterocycles. The van der Waals surface area contributed by atoms with Crippen molar-refractivity contribution in [2.24, 2.45) is 17.8 Å². The molecule has 2 fully saturated rings. The molecule has 0 heterocycles. The Morgan fingerprint density at radius 3 is 2.00 bits per heavy atom. The van der Waals surface area contributed by atoms with Crippen molar-refractivity contribution in [1.29, 1.82) is 0 Å². The van der Waals surface area contributed by atoms with E-state index in [1.165, 1.54) is 12.8 Å². The zero-order chi connectivity index (χ0) is 15.1. The van der Waals surface area contributed by atoms with Gasteiger partial charge in [-0.05, 0) is 50.9 Å². The van der Waals surface area contributed by atoms with Gasteiger partial charge < -0.3 is 5.32 Å². The highest BCUT2D eigenvalue weighted by Crippen LogP contribution is 2.38. The van der Waals surface area contributed by atoms with Crippen LogP contribution in [0.2, 0.25) is 0 Å². The minimum atomic E-state index is 0.0617. The van der Waals surface area contributed by atoms with Crippen LogP contribution in [0, 0.1) is 17.8 Å². The predicted molar refractivity (Wildman–Crippen MR) is 84.1 cm³/mol. The molecule has 1 amide bonds. The third-order valence-corrected chi connectivity index (χ3v) is 4.36. The Morgan fingerprint density at radius 1 is 1.05 bits per heavy atom. The Kier molecular flexibility index (Phi) is 8.36. The molecule has 0 aromatic carbocycles. The van der Waals surface area contributed by atoms with Crippen molar-refractivity contribution >= 4 is 5.91 Å². The molecule has 2 rings (SSSR count). The second-order valence-corrected chi connectivity index (χ2v) is 5.96. The van der Waals surface area contributed by atoms with E-state index in [9.17, 15) is 4.79 Å². The average molecular weight is 269 g/mol. The molecular weight excluding hydrogens is 234 g/mol. The first-order valence-corrected chi connectivity index (χ1v) is 8.33. The molecule has 2 aliphatic rings. The highest BCUT2D eigenvalue weighted by atomic mass is 16.2. The summed E-state index contributed by atoms with van der Waals surface area (Å²) < 4.78 is 0. The van der Waals surface area contributed by atoms with Crippen molar-refractivity contribution in [2.75, 3.05) is 0 Å². The summed E-state index contributed by atoms with van der Waals surface area (Å²) in [7, 11) is 0. The first-order valence-electron chi connectivity index (χ1n) is 8.33. The monoisotopic (exact) mass is 269 g/mol. The summed E-state index contributed by atoms with van der Waals surface area (Å²) >= 11 is 0. The Bertz CT molecular complexity index is 260. The molecule has 0 radical (unpaired) electrons. The van der Waals surface area contributed by atoms with E-state index in [1.54, 1.807) is 0 Å². The third-order valence-electron chi connectivity index (χ3n) is 4.36. The lowest BCUT2D eigenvalue weighted by Gasteiger charge is -2.42. The summed E-state index contributed by atoms with van der Waals surface area (Å²) in [5.74, 6) is 2.09. The number of carbonyl (C=O) groups is 1. The van der Waals surface area contributed by atoms with E-state index in [4.69, 9.17) is 0 Å². The Hall–Kier alpha value is -0.530. The van der Waals surface area contributed by atoms with Gasteiger partial charge in [0.25, 0.3) is 0 Å². The van der Waals surface area contributed by atoms with Crippen molar-refractivity contribution in [3.8, 4) is 0 Å². The van der Waals surface area contributed by atoms with Gasteiger partial charge in [-0.1, -0.05) is 41.5 Å². The summed E-state index contributed by atoms with van der Waals surface area (Å²) in [6, 6.07) is 0. The van der Waals surface area contributed by atoms with E-state index < -0.39 is 0 Å². The lowest BCUT2D eigenvalue weighted by molar-refractivity contribution is -0.125. The molecule has 0 spiro atoms. The zero-order valence-corrected chi connectivity index (χ0v) is 14.2. The molecule has 0 aromatic rings. The first kappa shape index (κ1) is 18.5. The van der Waals surface area contributed by atoms with Crippen molar-refractivity contribution < 1.29 is 4.79 Å². The number of hydrogen-bond acceptors (Lipinski definition) is 1. The van der Waals surface area contributed by atoms with Gasteiger partial charge in [0.05, 0.1) is 0 Å². The van der Waals surface area contributed by atoms with Gasteiger partial charge in [-0.15, -0.1) is 0 Å². The molecule has 114 valence electrons. The van der Waals surface area contributed by atoms with E-state index in [-0.39, 0.29) is 5.54 Å². The Morgan fingerprint density at radius 2 is 1.58 bits per heavy atom. The van der Waals surface area contributed by atoms with Crippen LogP contribution in [0.4, 0.5) is 0 Å². The van der Waals surface area contributed by atoms with Crippen LogP contribution in [0.5, 0.6) is 0 Å². The van der Waals surface area contributed by atoms with Gasteiger partial charge in [-0.3, -0.25) is 4.79 Å². The van der Waals surface area contributed by atoms with E-state index in [2.05, 4.69) is 26.1 Å². The molecule has 2 nitrogen and oxygen atoms in total. The van der Waals surface area contributed by atoms with Gasteiger partial charge in [0, 0.05) is 11.5 Å². The highest BCUT2D eigenvalue weighted by molar-refractivity contribution is 5.81. The van der Waals surface area contributed by atoms with Crippen molar-refractivity contribution in [3.05, 3.63) is 0 Å². The Balaban J connectivity index is 0.000000741. The van der Waals surface area contributed by atoms with Crippen molar-refractivity contribution in [1.82, 2.24) is 5.32 Å². The van der Waals surface area contributed by atoms with Crippen LogP contribution < -0.4 is 5.32 Å². The quantitative estimate of drug-likeness (QED) is 0.768. The van der Waals surface area contributed by atoms with E-state index >= 15 is 0 Å². The summed E-state index contributed by atoms with van der Waals surface area (Å²) in [6.07, 6.45) is 5.86. The molecule has 2 aliphatic carbocycles. The maximum atomic E-state index is 11.8. The largest absolute Gasteiger partial charge is 0.350 e. The van der Waals surface area contributed by atoms with Crippen LogP contribution in [0.1, 0.15) is 80.6 Å². The summed E-state index contributed by atoms with van der Waals surface area (Å²) in [5, 5.41) is 3.29. The standard InChI is InChI=1S/C13H23NO.2C2H6/c1-9-6-7-13(3,10(2)8-9)14-12(15)11-4-5-11;2*1-2/h9-11H,4-8H2,1-3H3,(H,14,15);2*1-2H3. The minimum absolute atomic E-state index is 0.0617. The van der Waals surface area contributed by atoms with Crippen LogP contribution in [-0.2, 0) is 4.79 Å². The minimum Gasteiger partial charge on any atom is -0.350 e. The van der Waals surface area contributed by atoms with Gasteiger partial charge in [-0.2, -0.15) is 0 Å².